The zero-order valence-corrected chi connectivity index (χ0v) is 17.0. The number of amides is 1. The van der Waals surface area contributed by atoms with Gasteiger partial charge in [0.1, 0.15) is 5.76 Å². The van der Waals surface area contributed by atoms with E-state index in [0.29, 0.717) is 17.6 Å². The number of aliphatic hydroxyl groups is 1. The molecule has 0 aromatic rings. The van der Waals surface area contributed by atoms with Gasteiger partial charge in [0.2, 0.25) is 5.91 Å². The largest absolute Gasteiger partial charge is 0.506 e. The molecule has 3 atom stereocenters. The van der Waals surface area contributed by atoms with E-state index in [4.69, 9.17) is 11.1 Å². The van der Waals surface area contributed by atoms with Gasteiger partial charge in [0.15, 0.2) is 0 Å². The third-order valence-corrected chi connectivity index (χ3v) is 5.17. The maximum absolute atomic E-state index is 13.3. The summed E-state index contributed by atoms with van der Waals surface area (Å²) >= 11 is 1.03. The lowest BCUT2D eigenvalue weighted by Crippen LogP contribution is -2.48. The number of carbonyl (C=O) groups is 1. The second-order valence-electron chi connectivity index (χ2n) is 6.60. The number of hydrogen-bond acceptors (Lipinski definition) is 4. The van der Waals surface area contributed by atoms with E-state index in [2.05, 4.69) is 11.9 Å². The van der Waals surface area contributed by atoms with Crippen LogP contribution in [-0.2, 0) is 4.79 Å². The van der Waals surface area contributed by atoms with Gasteiger partial charge < -0.3 is 21.6 Å². The van der Waals surface area contributed by atoms with Gasteiger partial charge in [-0.1, -0.05) is 37.0 Å². The number of rotatable bonds is 7. The Bertz CT molecular complexity index is 780. The molecule has 3 unspecified atom stereocenters. The predicted octanol–water partition coefficient (Wildman–Crippen LogP) is 3.70. The Morgan fingerprint density at radius 2 is 2.30 bits per heavy atom. The van der Waals surface area contributed by atoms with Gasteiger partial charge in [-0.05, 0) is 47.6 Å². The van der Waals surface area contributed by atoms with E-state index in [1.165, 1.54) is 18.2 Å². The smallest absolute Gasteiger partial charge is 0.298 e. The van der Waals surface area contributed by atoms with Crippen molar-refractivity contribution < 1.29 is 18.7 Å². The van der Waals surface area contributed by atoms with Gasteiger partial charge in [-0.25, -0.2) is 0 Å². The lowest BCUT2D eigenvalue weighted by atomic mass is 9.63. The first-order valence-corrected chi connectivity index (χ1v) is 9.44. The number of alkyl halides is 3. The maximum atomic E-state index is 13.3. The van der Waals surface area contributed by atoms with Crippen LogP contribution in [0, 0.1) is 10.8 Å². The van der Waals surface area contributed by atoms with Crippen LogP contribution in [0.15, 0.2) is 59.9 Å². The van der Waals surface area contributed by atoms with E-state index < -0.39 is 33.8 Å². The summed E-state index contributed by atoms with van der Waals surface area (Å²) in [5, 5.41) is 20.7. The standard InChI is InChI=1S/C19H22F2IN3O2/c1-3-5-12(14(23)10-19(20,21)22)11(2)25-17(27)13-7-9-18(13)8-4-6-15(26)16(18)24/h3-8,11,14,24,26H,1,9-10,23H2,2H3,(H,25,27)/b12-5-,24-16?. The molecule has 2 rings (SSSR count). The quantitative estimate of drug-likeness (QED) is 0.249. The molecule has 0 aromatic heterocycles. The molecular formula is C19H22F2IN3O2. The molecule has 0 saturated heterocycles. The van der Waals surface area contributed by atoms with Gasteiger partial charge in [-0.15, -0.1) is 0 Å². The SMILES string of the molecule is C=C/C=C(\C(N)CC(F)(F)I)C(C)NC(=O)C1=CCC12C=CC=C(O)C2=N. The van der Waals surface area contributed by atoms with Crippen LogP contribution in [0.2, 0.25) is 0 Å². The normalized spacial score (nSPS) is 24.6. The van der Waals surface area contributed by atoms with Gasteiger partial charge in [-0.2, -0.15) is 8.78 Å². The summed E-state index contributed by atoms with van der Waals surface area (Å²) in [5.41, 5.74) is 5.72. The average Bonchev–Trinajstić information content (AvgIpc) is 2.52. The van der Waals surface area contributed by atoms with Crippen molar-refractivity contribution in [2.24, 2.45) is 11.1 Å². The lowest BCUT2D eigenvalue weighted by molar-refractivity contribution is -0.118. The zero-order chi connectivity index (χ0) is 20.4. The second-order valence-corrected chi connectivity index (χ2v) is 8.18. The van der Waals surface area contributed by atoms with Gasteiger partial charge >= 0.3 is 0 Å². The average molecular weight is 489 g/mol. The number of nitrogens with two attached hydrogens (primary N) is 1. The van der Waals surface area contributed by atoms with Crippen LogP contribution in [0.25, 0.3) is 0 Å². The highest BCUT2D eigenvalue weighted by Gasteiger charge is 2.47. The van der Waals surface area contributed by atoms with Crippen molar-refractivity contribution in [3.05, 3.63) is 59.9 Å². The molecule has 27 heavy (non-hydrogen) atoms. The molecule has 0 heterocycles. The Morgan fingerprint density at radius 3 is 2.81 bits per heavy atom. The first-order chi connectivity index (χ1) is 12.5. The highest BCUT2D eigenvalue weighted by molar-refractivity contribution is 14.1. The van der Waals surface area contributed by atoms with E-state index in [1.54, 1.807) is 25.2 Å². The minimum absolute atomic E-state index is 0.0339. The van der Waals surface area contributed by atoms with Crippen molar-refractivity contribution >= 4 is 34.2 Å². The molecule has 1 spiro atoms. The fraction of sp³-hybridized carbons (Fsp3) is 0.368. The molecule has 8 heteroatoms. The van der Waals surface area contributed by atoms with E-state index in [0.717, 1.165) is 22.6 Å². The number of hydrogen-bond donors (Lipinski definition) is 4. The van der Waals surface area contributed by atoms with E-state index in [9.17, 15) is 18.7 Å². The van der Waals surface area contributed by atoms with Crippen molar-refractivity contribution in [3.8, 4) is 0 Å². The minimum Gasteiger partial charge on any atom is -0.506 e. The number of halogens is 3. The summed E-state index contributed by atoms with van der Waals surface area (Å²) in [5.74, 6) is -0.608. The lowest BCUT2D eigenvalue weighted by Gasteiger charge is -2.40. The molecule has 1 amide bonds. The number of allylic oxidation sites excluding steroid dienone is 7. The molecule has 5 nitrogen and oxygen atoms in total. The molecular weight excluding hydrogens is 467 g/mol. The summed E-state index contributed by atoms with van der Waals surface area (Å²) in [6.07, 6.45) is 9.25. The Labute approximate surface area is 170 Å². The Kier molecular flexibility index (Phi) is 6.41. The van der Waals surface area contributed by atoms with Crippen molar-refractivity contribution in [2.75, 3.05) is 0 Å². The summed E-state index contributed by atoms with van der Waals surface area (Å²) in [6.45, 7) is 5.23. The fourth-order valence-corrected chi connectivity index (χ4v) is 3.74. The number of carbonyl (C=O) groups excluding carboxylic acids is 1. The Hall–Kier alpha value is -1.81. The third kappa shape index (κ3) is 4.55. The molecule has 0 bridgehead atoms. The molecule has 0 fully saturated rings. The predicted molar refractivity (Wildman–Crippen MR) is 110 cm³/mol. The van der Waals surface area contributed by atoms with Gasteiger partial charge in [0.25, 0.3) is 3.93 Å². The van der Waals surface area contributed by atoms with Crippen LogP contribution in [0.1, 0.15) is 19.8 Å². The van der Waals surface area contributed by atoms with E-state index >= 15 is 0 Å². The van der Waals surface area contributed by atoms with Crippen molar-refractivity contribution in [1.82, 2.24) is 5.32 Å². The second kappa shape index (κ2) is 8.05. The molecule has 2 aliphatic rings. The molecule has 5 N–H and O–H groups in total. The number of nitrogens with one attached hydrogen (secondary N) is 2. The Morgan fingerprint density at radius 1 is 1.63 bits per heavy atom. The molecule has 2 aliphatic carbocycles. The molecule has 146 valence electrons. The van der Waals surface area contributed by atoms with Crippen LogP contribution >= 0.6 is 22.6 Å². The first kappa shape index (κ1) is 21.5. The summed E-state index contributed by atoms with van der Waals surface area (Å²) in [7, 11) is 0. The monoisotopic (exact) mass is 489 g/mol. The van der Waals surface area contributed by atoms with E-state index in [-0.39, 0.29) is 11.5 Å². The van der Waals surface area contributed by atoms with Gasteiger partial charge in [0, 0.05) is 24.1 Å². The summed E-state index contributed by atoms with van der Waals surface area (Å²) < 4.78 is 23.6. The third-order valence-electron chi connectivity index (χ3n) is 4.73. The van der Waals surface area contributed by atoms with Crippen LogP contribution in [0.5, 0.6) is 0 Å². The van der Waals surface area contributed by atoms with Gasteiger partial charge in [-0.3, -0.25) is 4.79 Å². The van der Waals surface area contributed by atoms with Crippen molar-refractivity contribution in [2.45, 2.75) is 35.8 Å². The van der Waals surface area contributed by atoms with Crippen molar-refractivity contribution in [3.63, 3.8) is 0 Å². The Balaban J connectivity index is 2.14. The highest BCUT2D eigenvalue weighted by Crippen LogP contribution is 2.46. The first-order valence-electron chi connectivity index (χ1n) is 8.36. The van der Waals surface area contributed by atoms with E-state index in [1.807, 2.05) is 0 Å². The van der Waals surface area contributed by atoms with Crippen LogP contribution in [0.4, 0.5) is 8.78 Å². The van der Waals surface area contributed by atoms with Gasteiger partial charge in [0.05, 0.1) is 11.1 Å². The topological polar surface area (TPSA) is 99.2 Å². The zero-order valence-electron chi connectivity index (χ0n) is 14.8. The number of aliphatic hydroxyl groups excluding tert-OH is 1. The molecule has 0 aromatic carbocycles. The molecule has 0 radical (unpaired) electrons. The van der Waals surface area contributed by atoms with Crippen molar-refractivity contribution in [1.29, 1.82) is 5.41 Å². The fourth-order valence-electron chi connectivity index (χ4n) is 3.26. The van der Waals surface area contributed by atoms with Crippen LogP contribution < -0.4 is 11.1 Å². The summed E-state index contributed by atoms with van der Waals surface area (Å²) in [6, 6.07) is -1.55. The minimum atomic E-state index is -2.96. The molecule has 0 saturated carbocycles. The maximum Gasteiger partial charge on any atom is 0.298 e. The summed E-state index contributed by atoms with van der Waals surface area (Å²) in [4.78, 5) is 12.7. The van der Waals surface area contributed by atoms with Crippen LogP contribution in [-0.4, -0.2) is 32.7 Å². The van der Waals surface area contributed by atoms with Crippen LogP contribution in [0.3, 0.4) is 0 Å². The highest BCUT2D eigenvalue weighted by atomic mass is 127. The molecule has 0 aliphatic heterocycles.